The molecule has 0 N–H and O–H groups in total. The Bertz CT molecular complexity index is 527. The summed E-state index contributed by atoms with van der Waals surface area (Å²) in [6, 6.07) is 20.5. The van der Waals surface area contributed by atoms with Crippen LogP contribution in [0, 0.1) is 0 Å². The van der Waals surface area contributed by atoms with E-state index in [-0.39, 0.29) is 0 Å². The van der Waals surface area contributed by atoms with Gasteiger partial charge in [0, 0.05) is 0 Å². The number of benzene rings is 2. The quantitative estimate of drug-likeness (QED) is 0.743. The molecule has 20 heavy (non-hydrogen) atoms. The Labute approximate surface area is 121 Å². The molecule has 3 rings (SSSR count). The molecule has 104 valence electrons. The molecule has 2 aromatic rings. The standard InChI is InChI=1S/C17H18O2S/c1-4-10-16(11-5-1)20(17-12-6-2-7-13-17)18-14-8-3-9-15-19-20/h1-8,10-13H,9,14-15H2/b8-3-. The minimum atomic E-state index is -1.87. The molecule has 0 amide bonds. The first-order valence-electron chi connectivity index (χ1n) is 6.79. The monoisotopic (exact) mass is 286 g/mol. The molecule has 0 fully saturated rings. The highest BCUT2D eigenvalue weighted by molar-refractivity contribution is 8.26. The van der Waals surface area contributed by atoms with Crippen LogP contribution in [0.3, 0.4) is 0 Å². The molecule has 0 saturated heterocycles. The molecule has 0 radical (unpaired) electrons. The lowest BCUT2D eigenvalue weighted by molar-refractivity contribution is 0.270. The highest BCUT2D eigenvalue weighted by Crippen LogP contribution is 2.64. The number of hydrogen-bond acceptors (Lipinski definition) is 2. The van der Waals surface area contributed by atoms with Gasteiger partial charge >= 0.3 is 0 Å². The number of hydrogen-bond donors (Lipinski definition) is 0. The van der Waals surface area contributed by atoms with Gasteiger partial charge < -0.3 is 0 Å². The molecule has 3 heteroatoms. The van der Waals surface area contributed by atoms with E-state index in [0.717, 1.165) is 16.2 Å². The van der Waals surface area contributed by atoms with Crippen LogP contribution >= 0.6 is 10.6 Å². The van der Waals surface area contributed by atoms with Crippen LogP contribution in [0.15, 0.2) is 82.6 Å². The predicted octanol–water partition coefficient (Wildman–Crippen LogP) is 4.73. The lowest BCUT2D eigenvalue weighted by Gasteiger charge is -2.43. The van der Waals surface area contributed by atoms with E-state index in [0.29, 0.717) is 13.2 Å². The molecule has 0 aliphatic carbocycles. The zero-order chi connectivity index (χ0) is 13.7. The van der Waals surface area contributed by atoms with Crippen LogP contribution in [0.25, 0.3) is 0 Å². The molecule has 0 unspecified atom stereocenters. The third-order valence-corrected chi connectivity index (χ3v) is 5.89. The molecule has 0 atom stereocenters. The first-order valence-corrected chi connectivity index (χ1v) is 8.27. The van der Waals surface area contributed by atoms with E-state index in [9.17, 15) is 0 Å². The summed E-state index contributed by atoms with van der Waals surface area (Å²) in [5, 5.41) is 0. The molecule has 0 bridgehead atoms. The molecule has 2 nitrogen and oxygen atoms in total. The summed E-state index contributed by atoms with van der Waals surface area (Å²) in [4.78, 5) is 2.23. The lowest BCUT2D eigenvalue weighted by Crippen LogP contribution is -2.13. The second-order valence-electron chi connectivity index (χ2n) is 4.50. The van der Waals surface area contributed by atoms with Crippen molar-refractivity contribution in [2.75, 3.05) is 13.2 Å². The Morgan fingerprint density at radius 3 is 1.90 bits per heavy atom. The minimum absolute atomic E-state index is 0.582. The van der Waals surface area contributed by atoms with Crippen LogP contribution in [0.2, 0.25) is 0 Å². The van der Waals surface area contributed by atoms with Gasteiger partial charge in [0.05, 0.1) is 23.0 Å². The summed E-state index contributed by atoms with van der Waals surface area (Å²) in [5.74, 6) is 0. The average molecular weight is 286 g/mol. The highest BCUT2D eigenvalue weighted by Gasteiger charge is 2.27. The van der Waals surface area contributed by atoms with Crippen molar-refractivity contribution in [2.24, 2.45) is 0 Å². The molecule has 1 aliphatic rings. The van der Waals surface area contributed by atoms with E-state index >= 15 is 0 Å². The summed E-state index contributed by atoms with van der Waals surface area (Å²) in [7, 11) is -1.87. The Morgan fingerprint density at radius 2 is 1.30 bits per heavy atom. The van der Waals surface area contributed by atoms with Crippen LogP contribution in [-0.4, -0.2) is 13.2 Å². The smallest absolute Gasteiger partial charge is 0.0904 e. The first-order chi connectivity index (χ1) is 9.92. The van der Waals surface area contributed by atoms with Crippen molar-refractivity contribution in [3.8, 4) is 0 Å². The van der Waals surface area contributed by atoms with Gasteiger partial charge in [-0.15, -0.1) is 10.6 Å². The molecule has 0 saturated carbocycles. The van der Waals surface area contributed by atoms with Crippen LogP contribution in [0.1, 0.15) is 6.42 Å². The van der Waals surface area contributed by atoms with Crippen molar-refractivity contribution in [1.82, 2.24) is 0 Å². The maximum Gasteiger partial charge on any atom is 0.0904 e. The maximum atomic E-state index is 6.25. The van der Waals surface area contributed by atoms with Crippen molar-refractivity contribution in [3.05, 3.63) is 72.8 Å². The lowest BCUT2D eigenvalue weighted by atomic mass is 10.4. The van der Waals surface area contributed by atoms with E-state index in [4.69, 9.17) is 8.37 Å². The molecular weight excluding hydrogens is 268 g/mol. The summed E-state index contributed by atoms with van der Waals surface area (Å²) < 4.78 is 12.5. The normalized spacial score (nSPS) is 21.4. The topological polar surface area (TPSA) is 18.5 Å². The average Bonchev–Trinajstić information content (AvgIpc) is 2.49. The Hall–Kier alpha value is -1.55. The fraction of sp³-hybridized carbons (Fsp3) is 0.176. The summed E-state index contributed by atoms with van der Waals surface area (Å²) in [5.41, 5.74) is 0. The van der Waals surface area contributed by atoms with Crippen molar-refractivity contribution in [2.45, 2.75) is 16.2 Å². The fourth-order valence-electron chi connectivity index (χ4n) is 2.20. The van der Waals surface area contributed by atoms with E-state index < -0.39 is 10.6 Å². The van der Waals surface area contributed by atoms with Crippen molar-refractivity contribution < 1.29 is 8.37 Å². The van der Waals surface area contributed by atoms with Gasteiger partial charge in [-0.3, -0.25) is 8.37 Å². The van der Waals surface area contributed by atoms with E-state index in [1.165, 1.54) is 0 Å². The van der Waals surface area contributed by atoms with Gasteiger partial charge in [0.25, 0.3) is 0 Å². The maximum absolute atomic E-state index is 6.25. The van der Waals surface area contributed by atoms with Gasteiger partial charge in [-0.05, 0) is 30.7 Å². The van der Waals surface area contributed by atoms with Gasteiger partial charge in [0.2, 0.25) is 0 Å². The van der Waals surface area contributed by atoms with Gasteiger partial charge in [0.15, 0.2) is 0 Å². The highest BCUT2D eigenvalue weighted by atomic mass is 32.3. The zero-order valence-corrected chi connectivity index (χ0v) is 12.1. The van der Waals surface area contributed by atoms with Gasteiger partial charge in [-0.2, -0.15) is 0 Å². The zero-order valence-electron chi connectivity index (χ0n) is 11.3. The van der Waals surface area contributed by atoms with Crippen molar-refractivity contribution in [3.63, 3.8) is 0 Å². The molecule has 1 heterocycles. The van der Waals surface area contributed by atoms with E-state index in [1.54, 1.807) is 0 Å². The molecule has 1 aliphatic heterocycles. The van der Waals surface area contributed by atoms with E-state index in [1.807, 2.05) is 36.4 Å². The van der Waals surface area contributed by atoms with Crippen molar-refractivity contribution in [1.29, 1.82) is 0 Å². The second kappa shape index (κ2) is 6.27. The van der Waals surface area contributed by atoms with E-state index in [2.05, 4.69) is 36.4 Å². The summed E-state index contributed by atoms with van der Waals surface area (Å²) in [6.07, 6.45) is 5.12. The van der Waals surface area contributed by atoms with Crippen molar-refractivity contribution >= 4 is 10.6 Å². The fourth-order valence-corrected chi connectivity index (χ4v) is 4.71. The molecule has 0 spiro atoms. The molecule has 2 aromatic carbocycles. The van der Waals surface area contributed by atoms with Gasteiger partial charge in [-0.25, -0.2) is 0 Å². The van der Waals surface area contributed by atoms with Gasteiger partial charge in [-0.1, -0.05) is 48.6 Å². The molecule has 0 aromatic heterocycles. The van der Waals surface area contributed by atoms with Crippen LogP contribution in [0.4, 0.5) is 0 Å². The van der Waals surface area contributed by atoms with Gasteiger partial charge in [0.1, 0.15) is 0 Å². The first kappa shape index (κ1) is 13.4. The SMILES string of the molecule is C1=C\COS(c2ccccc2)(c2ccccc2)OCC/1. The minimum Gasteiger partial charge on any atom is -0.275 e. The van der Waals surface area contributed by atoms with Crippen LogP contribution < -0.4 is 0 Å². The third-order valence-electron chi connectivity index (χ3n) is 3.14. The second-order valence-corrected chi connectivity index (χ2v) is 6.92. The Kier molecular flexibility index (Phi) is 4.21. The predicted molar refractivity (Wildman–Crippen MR) is 82.7 cm³/mol. The number of rotatable bonds is 2. The van der Waals surface area contributed by atoms with Crippen LogP contribution in [0.5, 0.6) is 0 Å². The largest absolute Gasteiger partial charge is 0.275 e. The third kappa shape index (κ3) is 2.66. The summed E-state index contributed by atoms with van der Waals surface area (Å²) in [6.45, 7) is 1.26. The van der Waals surface area contributed by atoms with Crippen LogP contribution in [-0.2, 0) is 8.37 Å². The molecular formula is C17H18O2S. The Balaban J connectivity index is 2.09. The summed E-state index contributed by atoms with van der Waals surface area (Å²) >= 11 is 0. The Morgan fingerprint density at radius 1 is 0.700 bits per heavy atom.